The first-order valence-corrected chi connectivity index (χ1v) is 7.06. The molecule has 3 rings (SSSR count). The lowest BCUT2D eigenvalue weighted by molar-refractivity contribution is 0.459. The van der Waals surface area contributed by atoms with Crippen molar-refractivity contribution in [2.45, 2.75) is 44.7 Å². The lowest BCUT2D eigenvalue weighted by Crippen LogP contribution is -2.24. The van der Waals surface area contributed by atoms with Gasteiger partial charge >= 0.3 is 0 Å². The maximum absolute atomic E-state index is 4.44. The van der Waals surface area contributed by atoms with E-state index in [0.29, 0.717) is 6.04 Å². The van der Waals surface area contributed by atoms with Crippen LogP contribution in [0.15, 0.2) is 24.8 Å². The fraction of sp³-hybridized carbons (Fsp3) is 0.571. The Balaban J connectivity index is 1.67. The van der Waals surface area contributed by atoms with Crippen LogP contribution in [0.25, 0.3) is 0 Å². The Labute approximate surface area is 113 Å². The number of hydrogen-bond donors (Lipinski definition) is 1. The third kappa shape index (κ3) is 2.97. The molecule has 1 saturated carbocycles. The zero-order valence-corrected chi connectivity index (χ0v) is 11.4. The summed E-state index contributed by atoms with van der Waals surface area (Å²) in [5.74, 6) is 0.982. The molecule has 0 spiro atoms. The molecule has 0 saturated heterocycles. The largest absolute Gasteiger partial charge is 0.353 e. The van der Waals surface area contributed by atoms with Gasteiger partial charge in [0.25, 0.3) is 0 Å². The van der Waals surface area contributed by atoms with Crippen molar-refractivity contribution in [3.63, 3.8) is 0 Å². The van der Waals surface area contributed by atoms with Gasteiger partial charge in [0.05, 0.1) is 12.7 Å². The molecule has 0 unspecified atom stereocenters. The summed E-state index contributed by atoms with van der Waals surface area (Å²) in [6, 6.07) is 0.587. The summed E-state index contributed by atoms with van der Waals surface area (Å²) >= 11 is 0. The minimum atomic E-state index is 0.587. The summed E-state index contributed by atoms with van der Waals surface area (Å²) < 4.78 is 3.99. The van der Waals surface area contributed by atoms with Gasteiger partial charge in [0.1, 0.15) is 0 Å². The van der Waals surface area contributed by atoms with E-state index in [1.165, 1.54) is 37.7 Å². The van der Waals surface area contributed by atoms with Crippen LogP contribution in [0.5, 0.6) is 0 Å². The molecular weight excluding hydrogens is 238 g/mol. The van der Waals surface area contributed by atoms with Crippen molar-refractivity contribution in [1.82, 2.24) is 19.3 Å². The molecule has 0 amide bonds. The third-order valence-electron chi connectivity index (χ3n) is 3.77. The first-order chi connectivity index (χ1) is 9.31. The van der Waals surface area contributed by atoms with Crippen LogP contribution in [0.2, 0.25) is 0 Å². The van der Waals surface area contributed by atoms with Gasteiger partial charge in [-0.2, -0.15) is 5.10 Å². The van der Waals surface area contributed by atoms with Crippen molar-refractivity contribution in [2.24, 2.45) is 7.05 Å². The van der Waals surface area contributed by atoms with Gasteiger partial charge in [0.15, 0.2) is 0 Å². The van der Waals surface area contributed by atoms with Crippen molar-refractivity contribution >= 4 is 5.95 Å². The van der Waals surface area contributed by atoms with Crippen LogP contribution >= 0.6 is 0 Å². The Morgan fingerprint density at radius 3 is 2.89 bits per heavy atom. The van der Waals surface area contributed by atoms with Crippen LogP contribution in [0, 0.1) is 0 Å². The third-order valence-corrected chi connectivity index (χ3v) is 3.77. The standard InChI is InChI=1S/C14H21N5/c1-18-10-12(9-16-18)11-19-8-7-15-14(19)17-13-5-3-2-4-6-13/h7-10,13H,2-6,11H2,1H3,(H,15,17). The first-order valence-electron chi connectivity index (χ1n) is 7.06. The molecular formula is C14H21N5. The van der Waals surface area contributed by atoms with E-state index in [4.69, 9.17) is 0 Å². The molecule has 2 aromatic rings. The highest BCUT2D eigenvalue weighted by Gasteiger charge is 2.15. The van der Waals surface area contributed by atoms with Crippen molar-refractivity contribution in [2.75, 3.05) is 5.32 Å². The van der Waals surface area contributed by atoms with E-state index in [1.807, 2.05) is 36.5 Å². The molecule has 0 aromatic carbocycles. The van der Waals surface area contributed by atoms with Crippen molar-refractivity contribution in [3.05, 3.63) is 30.4 Å². The second kappa shape index (κ2) is 5.47. The Morgan fingerprint density at radius 1 is 1.32 bits per heavy atom. The molecule has 1 aliphatic rings. The average Bonchev–Trinajstić information content (AvgIpc) is 3.01. The molecule has 19 heavy (non-hydrogen) atoms. The van der Waals surface area contributed by atoms with Crippen molar-refractivity contribution < 1.29 is 0 Å². The van der Waals surface area contributed by atoms with Crippen molar-refractivity contribution in [3.8, 4) is 0 Å². The highest BCUT2D eigenvalue weighted by Crippen LogP contribution is 2.21. The lowest BCUT2D eigenvalue weighted by atomic mass is 9.96. The molecule has 0 aliphatic heterocycles. The van der Waals surface area contributed by atoms with Crippen LogP contribution < -0.4 is 5.32 Å². The average molecular weight is 259 g/mol. The maximum atomic E-state index is 4.44. The Bertz CT molecular complexity index is 521. The monoisotopic (exact) mass is 259 g/mol. The van der Waals surface area contributed by atoms with E-state index in [1.54, 1.807) is 0 Å². The highest BCUT2D eigenvalue weighted by molar-refractivity contribution is 5.29. The number of hydrogen-bond acceptors (Lipinski definition) is 3. The number of aryl methyl sites for hydroxylation is 1. The summed E-state index contributed by atoms with van der Waals surface area (Å²) in [4.78, 5) is 4.44. The number of anilines is 1. The Kier molecular flexibility index (Phi) is 3.53. The zero-order chi connectivity index (χ0) is 13.1. The van der Waals surface area contributed by atoms with Gasteiger partial charge in [-0.15, -0.1) is 0 Å². The second-order valence-corrected chi connectivity index (χ2v) is 5.38. The molecule has 0 radical (unpaired) electrons. The smallest absolute Gasteiger partial charge is 0.203 e. The SMILES string of the molecule is Cn1cc(Cn2ccnc2NC2CCCCC2)cn1. The molecule has 5 heteroatoms. The lowest BCUT2D eigenvalue weighted by Gasteiger charge is -2.23. The molecule has 2 aromatic heterocycles. The van der Waals surface area contributed by atoms with Gasteiger partial charge in [-0.05, 0) is 12.8 Å². The normalized spacial score (nSPS) is 16.7. The molecule has 1 aliphatic carbocycles. The van der Waals surface area contributed by atoms with Gasteiger partial charge < -0.3 is 9.88 Å². The van der Waals surface area contributed by atoms with E-state index >= 15 is 0 Å². The summed E-state index contributed by atoms with van der Waals surface area (Å²) in [6.07, 6.45) is 14.4. The minimum Gasteiger partial charge on any atom is -0.353 e. The minimum absolute atomic E-state index is 0.587. The van der Waals surface area contributed by atoms with Gasteiger partial charge in [0, 0.05) is 37.2 Å². The van der Waals surface area contributed by atoms with E-state index in [2.05, 4.69) is 20.0 Å². The van der Waals surface area contributed by atoms with Gasteiger partial charge in [-0.1, -0.05) is 19.3 Å². The van der Waals surface area contributed by atoms with Gasteiger partial charge in [-0.3, -0.25) is 4.68 Å². The number of aromatic nitrogens is 4. The Morgan fingerprint density at radius 2 is 2.16 bits per heavy atom. The molecule has 2 heterocycles. The summed E-state index contributed by atoms with van der Waals surface area (Å²) in [6.45, 7) is 0.822. The summed E-state index contributed by atoms with van der Waals surface area (Å²) in [5.41, 5.74) is 1.20. The molecule has 5 nitrogen and oxygen atoms in total. The first kappa shape index (κ1) is 12.3. The predicted molar refractivity (Wildman–Crippen MR) is 75.0 cm³/mol. The zero-order valence-electron chi connectivity index (χ0n) is 11.4. The van der Waals surface area contributed by atoms with Crippen LogP contribution in [0.3, 0.4) is 0 Å². The number of rotatable bonds is 4. The second-order valence-electron chi connectivity index (χ2n) is 5.38. The fourth-order valence-corrected chi connectivity index (χ4v) is 2.76. The Hall–Kier alpha value is -1.78. The van der Waals surface area contributed by atoms with Crippen LogP contribution in [0.1, 0.15) is 37.7 Å². The van der Waals surface area contributed by atoms with Gasteiger partial charge in [0.2, 0.25) is 5.95 Å². The van der Waals surface area contributed by atoms with Gasteiger partial charge in [-0.25, -0.2) is 4.98 Å². The van der Waals surface area contributed by atoms with E-state index in [0.717, 1.165) is 12.5 Å². The number of nitrogens with one attached hydrogen (secondary N) is 1. The fourth-order valence-electron chi connectivity index (χ4n) is 2.76. The van der Waals surface area contributed by atoms with E-state index < -0.39 is 0 Å². The van der Waals surface area contributed by atoms with Crippen LogP contribution in [-0.2, 0) is 13.6 Å². The van der Waals surface area contributed by atoms with Crippen LogP contribution in [0.4, 0.5) is 5.95 Å². The molecule has 1 N–H and O–H groups in total. The predicted octanol–water partition coefficient (Wildman–Crippen LogP) is 2.41. The maximum Gasteiger partial charge on any atom is 0.203 e. The van der Waals surface area contributed by atoms with Crippen LogP contribution in [-0.4, -0.2) is 25.4 Å². The molecule has 0 bridgehead atoms. The molecule has 0 atom stereocenters. The number of imidazole rings is 1. The van der Waals surface area contributed by atoms with E-state index in [9.17, 15) is 0 Å². The molecule has 102 valence electrons. The highest BCUT2D eigenvalue weighted by atomic mass is 15.2. The summed E-state index contributed by atoms with van der Waals surface area (Å²) in [5, 5.41) is 7.79. The van der Waals surface area contributed by atoms with Crippen molar-refractivity contribution in [1.29, 1.82) is 0 Å². The summed E-state index contributed by atoms with van der Waals surface area (Å²) in [7, 11) is 1.94. The topological polar surface area (TPSA) is 47.7 Å². The quantitative estimate of drug-likeness (QED) is 0.917. The number of nitrogens with zero attached hydrogens (tertiary/aromatic N) is 4. The molecule has 1 fully saturated rings. The van der Waals surface area contributed by atoms with E-state index in [-0.39, 0.29) is 0 Å².